The van der Waals surface area contributed by atoms with Crippen molar-refractivity contribution in [3.63, 3.8) is 0 Å². The van der Waals surface area contributed by atoms with Crippen molar-refractivity contribution in [2.45, 2.75) is 13.3 Å². The first-order chi connectivity index (χ1) is 12.9. The Bertz CT molecular complexity index is 880. The molecule has 2 fully saturated rings. The zero-order chi connectivity index (χ0) is 19.3. The molecule has 2 amide bonds. The molecule has 1 heterocycles. The summed E-state index contributed by atoms with van der Waals surface area (Å²) in [5.74, 6) is -0.439. The standard InChI is InChI=1S/C19H17IN2O5/c1-9(23)27-17-13(20)5-10(6-14(17)26-2)8-21-22-18(24)15-11-3-4-12(7-11)16(15)19(22)25/h3-6,8,11-12,15-16H,7H2,1-2H3/t11-,12-,15-,16+/m0/s1. The predicted molar refractivity (Wildman–Crippen MR) is 104 cm³/mol. The van der Waals surface area contributed by atoms with Crippen LogP contribution in [0.5, 0.6) is 11.5 Å². The largest absolute Gasteiger partial charge is 0.493 e. The third kappa shape index (κ3) is 2.95. The van der Waals surface area contributed by atoms with Crippen molar-refractivity contribution in [3.05, 3.63) is 33.4 Å². The minimum absolute atomic E-state index is 0.153. The number of rotatable bonds is 4. The topological polar surface area (TPSA) is 85.3 Å². The molecule has 3 aliphatic rings. The van der Waals surface area contributed by atoms with Crippen molar-refractivity contribution in [1.82, 2.24) is 5.01 Å². The number of hydrogen-bond donors (Lipinski definition) is 0. The molecule has 2 aliphatic carbocycles. The summed E-state index contributed by atoms with van der Waals surface area (Å²) >= 11 is 2.03. The van der Waals surface area contributed by atoms with E-state index in [1.165, 1.54) is 20.2 Å². The number of allylic oxidation sites excluding steroid dienone is 2. The Morgan fingerprint density at radius 2 is 1.85 bits per heavy atom. The number of benzene rings is 1. The van der Waals surface area contributed by atoms with Crippen LogP contribution in [0.15, 0.2) is 29.4 Å². The summed E-state index contributed by atoms with van der Waals surface area (Å²) in [4.78, 5) is 36.5. The van der Waals surface area contributed by atoms with Gasteiger partial charge in [-0.2, -0.15) is 10.1 Å². The number of carbonyl (C=O) groups is 3. The molecule has 140 valence electrons. The Balaban J connectivity index is 1.58. The van der Waals surface area contributed by atoms with Gasteiger partial charge >= 0.3 is 5.97 Å². The number of nitrogens with zero attached hydrogens (tertiary/aromatic N) is 2. The van der Waals surface area contributed by atoms with E-state index in [2.05, 4.69) is 5.10 Å². The molecule has 4 atom stereocenters. The molecule has 0 aromatic heterocycles. The first-order valence-electron chi connectivity index (χ1n) is 8.56. The molecular weight excluding hydrogens is 463 g/mol. The lowest BCUT2D eigenvalue weighted by molar-refractivity contribution is -0.140. The lowest BCUT2D eigenvalue weighted by atomic mass is 9.85. The quantitative estimate of drug-likeness (QED) is 0.165. The van der Waals surface area contributed by atoms with Gasteiger partial charge in [0.15, 0.2) is 11.5 Å². The van der Waals surface area contributed by atoms with Crippen molar-refractivity contribution in [3.8, 4) is 11.5 Å². The fraction of sp³-hybridized carbons (Fsp3) is 0.368. The van der Waals surface area contributed by atoms with Crippen molar-refractivity contribution in [2.75, 3.05) is 7.11 Å². The summed E-state index contributed by atoms with van der Waals surface area (Å²) in [6, 6.07) is 3.38. The maximum atomic E-state index is 12.6. The van der Waals surface area contributed by atoms with E-state index in [4.69, 9.17) is 9.47 Å². The van der Waals surface area contributed by atoms with E-state index >= 15 is 0 Å². The number of halogens is 1. The van der Waals surface area contributed by atoms with Crippen LogP contribution in [0.3, 0.4) is 0 Å². The van der Waals surface area contributed by atoms with Gasteiger partial charge in [0, 0.05) is 6.92 Å². The van der Waals surface area contributed by atoms with Crippen molar-refractivity contribution in [1.29, 1.82) is 0 Å². The fourth-order valence-electron chi connectivity index (χ4n) is 4.18. The van der Waals surface area contributed by atoms with Crippen molar-refractivity contribution < 1.29 is 23.9 Å². The van der Waals surface area contributed by atoms with Crippen LogP contribution in [-0.4, -0.2) is 36.1 Å². The molecule has 4 rings (SSSR count). The molecule has 0 radical (unpaired) electrons. The molecule has 7 nitrogen and oxygen atoms in total. The second kappa shape index (κ2) is 6.74. The molecular formula is C19H17IN2O5. The number of fused-ring (bicyclic) bond motifs is 5. The SMILES string of the molecule is COc1cc(C=NN2C(=O)[C@@H]3[C@H](C2=O)[C@H]2C=C[C@H]3C2)cc(I)c1OC(C)=O. The van der Waals surface area contributed by atoms with E-state index in [0.29, 0.717) is 20.6 Å². The van der Waals surface area contributed by atoms with E-state index in [1.54, 1.807) is 12.1 Å². The monoisotopic (exact) mass is 480 g/mol. The summed E-state index contributed by atoms with van der Waals surface area (Å²) in [7, 11) is 1.47. The van der Waals surface area contributed by atoms with Crippen LogP contribution >= 0.6 is 22.6 Å². The summed E-state index contributed by atoms with van der Waals surface area (Å²) in [5.41, 5.74) is 0.630. The average Bonchev–Trinajstić information content (AvgIpc) is 3.29. The summed E-state index contributed by atoms with van der Waals surface area (Å²) in [6.45, 7) is 1.31. The highest BCUT2D eigenvalue weighted by Crippen LogP contribution is 2.52. The Morgan fingerprint density at radius 3 is 2.41 bits per heavy atom. The van der Waals surface area contributed by atoms with Gasteiger partial charge in [0.2, 0.25) is 0 Å². The summed E-state index contributed by atoms with van der Waals surface area (Å²) in [6.07, 6.45) is 6.43. The summed E-state index contributed by atoms with van der Waals surface area (Å²) in [5, 5.41) is 5.16. The lowest BCUT2D eigenvalue weighted by Crippen LogP contribution is -2.28. The van der Waals surface area contributed by atoms with Crippen LogP contribution in [0.4, 0.5) is 0 Å². The first-order valence-corrected chi connectivity index (χ1v) is 9.64. The van der Waals surface area contributed by atoms with Gasteiger partial charge in [0.1, 0.15) is 0 Å². The Kier molecular flexibility index (Phi) is 4.53. The van der Waals surface area contributed by atoms with E-state index in [-0.39, 0.29) is 35.5 Å². The highest BCUT2D eigenvalue weighted by Gasteiger charge is 2.59. The normalized spacial score (nSPS) is 28.3. The van der Waals surface area contributed by atoms with E-state index in [0.717, 1.165) is 11.4 Å². The van der Waals surface area contributed by atoms with Crippen molar-refractivity contribution >= 4 is 46.6 Å². The number of imide groups is 1. The van der Waals surface area contributed by atoms with Gasteiger partial charge in [-0.25, -0.2) is 0 Å². The van der Waals surface area contributed by atoms with Crippen LogP contribution in [0.2, 0.25) is 0 Å². The van der Waals surface area contributed by atoms with E-state index in [9.17, 15) is 14.4 Å². The van der Waals surface area contributed by atoms with Crippen LogP contribution < -0.4 is 9.47 Å². The molecule has 1 aliphatic heterocycles. The minimum Gasteiger partial charge on any atom is -0.493 e. The van der Waals surface area contributed by atoms with Gasteiger partial charge < -0.3 is 9.47 Å². The zero-order valence-corrected chi connectivity index (χ0v) is 16.9. The molecule has 2 bridgehead atoms. The van der Waals surface area contributed by atoms with E-state index in [1.807, 2.05) is 34.7 Å². The van der Waals surface area contributed by atoms with Gasteiger partial charge in [0.25, 0.3) is 11.8 Å². The third-order valence-corrected chi connectivity index (χ3v) is 6.07. The molecule has 27 heavy (non-hydrogen) atoms. The van der Waals surface area contributed by atoms with Gasteiger partial charge in [-0.15, -0.1) is 0 Å². The predicted octanol–water partition coefficient (Wildman–Crippen LogP) is 2.37. The molecule has 0 N–H and O–H groups in total. The Morgan fingerprint density at radius 1 is 1.22 bits per heavy atom. The smallest absolute Gasteiger partial charge is 0.308 e. The molecule has 1 saturated heterocycles. The van der Waals surface area contributed by atoms with Gasteiger partial charge in [-0.1, -0.05) is 12.2 Å². The molecule has 1 aromatic rings. The molecule has 8 heteroatoms. The molecule has 0 unspecified atom stereocenters. The zero-order valence-electron chi connectivity index (χ0n) is 14.7. The number of ether oxygens (including phenoxy) is 2. The number of amides is 2. The maximum absolute atomic E-state index is 12.6. The number of carbonyl (C=O) groups excluding carboxylic acids is 3. The molecule has 1 aromatic carbocycles. The molecule has 0 spiro atoms. The number of hydrazone groups is 1. The average molecular weight is 480 g/mol. The second-order valence-electron chi connectivity index (χ2n) is 6.86. The number of hydrogen-bond acceptors (Lipinski definition) is 6. The minimum atomic E-state index is -0.448. The van der Waals surface area contributed by atoms with Crippen LogP contribution in [0, 0.1) is 27.2 Å². The maximum Gasteiger partial charge on any atom is 0.308 e. The third-order valence-electron chi connectivity index (χ3n) is 5.27. The Hall–Kier alpha value is -2.23. The van der Waals surface area contributed by atoms with Gasteiger partial charge in [-0.3, -0.25) is 14.4 Å². The summed E-state index contributed by atoms with van der Waals surface area (Å²) < 4.78 is 11.1. The number of esters is 1. The highest BCUT2D eigenvalue weighted by atomic mass is 127. The lowest BCUT2D eigenvalue weighted by Gasteiger charge is -2.13. The Labute approximate surface area is 169 Å². The highest BCUT2D eigenvalue weighted by molar-refractivity contribution is 14.1. The van der Waals surface area contributed by atoms with Crippen LogP contribution in [0.1, 0.15) is 18.9 Å². The molecule has 1 saturated carbocycles. The van der Waals surface area contributed by atoms with Crippen LogP contribution in [0.25, 0.3) is 0 Å². The van der Waals surface area contributed by atoms with Gasteiger partial charge in [0.05, 0.1) is 28.7 Å². The van der Waals surface area contributed by atoms with Gasteiger partial charge in [-0.05, 0) is 58.5 Å². The fourth-order valence-corrected chi connectivity index (χ4v) is 4.92. The first kappa shape index (κ1) is 18.1. The number of methoxy groups -OCH3 is 1. The van der Waals surface area contributed by atoms with Crippen molar-refractivity contribution in [2.24, 2.45) is 28.8 Å². The van der Waals surface area contributed by atoms with Crippen LogP contribution in [-0.2, 0) is 14.4 Å². The van der Waals surface area contributed by atoms with E-state index < -0.39 is 5.97 Å². The second-order valence-corrected chi connectivity index (χ2v) is 8.02.